The summed E-state index contributed by atoms with van der Waals surface area (Å²) >= 11 is 0. The topological polar surface area (TPSA) is 66.4 Å². The summed E-state index contributed by atoms with van der Waals surface area (Å²) in [7, 11) is 0. The predicted molar refractivity (Wildman–Crippen MR) is 88.0 cm³/mol. The van der Waals surface area contributed by atoms with E-state index in [2.05, 4.69) is 24.4 Å². The van der Waals surface area contributed by atoms with Crippen LogP contribution in [0, 0.1) is 0 Å². The van der Waals surface area contributed by atoms with E-state index in [0.29, 0.717) is 13.0 Å². The Morgan fingerprint density at radius 1 is 1.09 bits per heavy atom. The highest BCUT2D eigenvalue weighted by atomic mass is 16.4. The molecular formula is C18H27NO3. The van der Waals surface area contributed by atoms with Gasteiger partial charge in [0.05, 0.1) is 5.41 Å². The van der Waals surface area contributed by atoms with Crippen molar-refractivity contribution in [1.82, 2.24) is 5.32 Å². The Hall–Kier alpha value is -1.84. The van der Waals surface area contributed by atoms with E-state index in [0.717, 1.165) is 24.8 Å². The molecule has 0 heterocycles. The Morgan fingerprint density at radius 2 is 1.73 bits per heavy atom. The lowest BCUT2D eigenvalue weighted by Gasteiger charge is -2.24. The van der Waals surface area contributed by atoms with Gasteiger partial charge >= 0.3 is 5.97 Å². The van der Waals surface area contributed by atoms with Crippen LogP contribution in [0.25, 0.3) is 0 Å². The standard InChI is InChI=1S/C18H27NO3/c1-4-14-9-11-15(12-10-14)18(2,3)17(22)19-13-7-5-6-8-16(20)21/h9-12H,4-8,13H2,1-3H3,(H,19,22)(H,20,21). The summed E-state index contributed by atoms with van der Waals surface area (Å²) in [4.78, 5) is 22.8. The number of rotatable bonds is 9. The first-order valence-corrected chi connectivity index (χ1v) is 7.97. The van der Waals surface area contributed by atoms with E-state index < -0.39 is 11.4 Å². The van der Waals surface area contributed by atoms with Crippen molar-refractivity contribution in [2.75, 3.05) is 6.54 Å². The van der Waals surface area contributed by atoms with Gasteiger partial charge in [-0.05, 0) is 44.2 Å². The number of carbonyl (C=O) groups excluding carboxylic acids is 1. The van der Waals surface area contributed by atoms with Crippen LogP contribution in [0.4, 0.5) is 0 Å². The first kappa shape index (κ1) is 18.2. The van der Waals surface area contributed by atoms with Gasteiger partial charge in [0.1, 0.15) is 0 Å². The minimum Gasteiger partial charge on any atom is -0.481 e. The third-order valence-electron chi connectivity index (χ3n) is 4.00. The highest BCUT2D eigenvalue weighted by Gasteiger charge is 2.29. The highest BCUT2D eigenvalue weighted by Crippen LogP contribution is 2.24. The summed E-state index contributed by atoms with van der Waals surface area (Å²) < 4.78 is 0. The van der Waals surface area contributed by atoms with Gasteiger partial charge in [0.25, 0.3) is 0 Å². The largest absolute Gasteiger partial charge is 0.481 e. The zero-order valence-corrected chi connectivity index (χ0v) is 13.8. The van der Waals surface area contributed by atoms with Crippen molar-refractivity contribution in [2.45, 2.75) is 58.3 Å². The van der Waals surface area contributed by atoms with Crippen molar-refractivity contribution >= 4 is 11.9 Å². The van der Waals surface area contributed by atoms with Gasteiger partial charge in [0, 0.05) is 13.0 Å². The van der Waals surface area contributed by atoms with Gasteiger partial charge < -0.3 is 10.4 Å². The van der Waals surface area contributed by atoms with Crippen molar-refractivity contribution in [3.8, 4) is 0 Å². The molecule has 122 valence electrons. The molecule has 0 saturated carbocycles. The van der Waals surface area contributed by atoms with E-state index in [-0.39, 0.29) is 12.3 Å². The molecule has 0 aliphatic carbocycles. The molecule has 22 heavy (non-hydrogen) atoms. The maximum absolute atomic E-state index is 12.4. The number of hydrogen-bond acceptors (Lipinski definition) is 2. The molecule has 0 atom stereocenters. The second-order valence-electron chi connectivity index (χ2n) is 6.14. The first-order valence-electron chi connectivity index (χ1n) is 7.97. The number of carboxylic acids is 1. The monoisotopic (exact) mass is 305 g/mol. The van der Waals surface area contributed by atoms with E-state index in [1.165, 1.54) is 5.56 Å². The molecule has 0 spiro atoms. The Morgan fingerprint density at radius 3 is 2.27 bits per heavy atom. The summed E-state index contributed by atoms with van der Waals surface area (Å²) in [5.41, 5.74) is 1.71. The molecule has 1 aromatic carbocycles. The summed E-state index contributed by atoms with van der Waals surface area (Å²) in [6.07, 6.45) is 3.47. The highest BCUT2D eigenvalue weighted by molar-refractivity contribution is 5.87. The quantitative estimate of drug-likeness (QED) is 0.688. The summed E-state index contributed by atoms with van der Waals surface area (Å²) in [6, 6.07) is 8.17. The zero-order chi connectivity index (χ0) is 16.6. The van der Waals surface area contributed by atoms with Crippen LogP contribution in [0.1, 0.15) is 57.6 Å². The Kier molecular flexibility index (Phi) is 7.09. The number of nitrogens with one attached hydrogen (secondary N) is 1. The molecule has 2 N–H and O–H groups in total. The molecule has 0 radical (unpaired) electrons. The molecule has 0 fully saturated rings. The molecule has 0 aliphatic heterocycles. The lowest BCUT2D eigenvalue weighted by Crippen LogP contribution is -2.40. The second kappa shape index (κ2) is 8.57. The number of carbonyl (C=O) groups is 2. The van der Waals surface area contributed by atoms with Gasteiger partial charge in [0.15, 0.2) is 0 Å². The van der Waals surface area contributed by atoms with Crippen molar-refractivity contribution in [1.29, 1.82) is 0 Å². The summed E-state index contributed by atoms with van der Waals surface area (Å²) in [5.74, 6) is -0.754. The van der Waals surface area contributed by atoms with Crippen molar-refractivity contribution in [3.05, 3.63) is 35.4 Å². The van der Waals surface area contributed by atoms with Crippen LogP contribution in [0.15, 0.2) is 24.3 Å². The average molecular weight is 305 g/mol. The molecule has 1 amide bonds. The first-order chi connectivity index (χ1) is 10.4. The number of aryl methyl sites for hydroxylation is 1. The van der Waals surface area contributed by atoms with Gasteiger partial charge in [-0.2, -0.15) is 0 Å². The van der Waals surface area contributed by atoms with Gasteiger partial charge in [-0.1, -0.05) is 37.6 Å². The molecule has 0 aliphatic rings. The normalized spacial score (nSPS) is 11.2. The van der Waals surface area contributed by atoms with Crippen molar-refractivity contribution in [2.24, 2.45) is 0 Å². The fourth-order valence-electron chi connectivity index (χ4n) is 2.29. The van der Waals surface area contributed by atoms with E-state index >= 15 is 0 Å². The van der Waals surface area contributed by atoms with Gasteiger partial charge in [-0.15, -0.1) is 0 Å². The fourth-order valence-corrected chi connectivity index (χ4v) is 2.29. The minimum absolute atomic E-state index is 0.00924. The number of amides is 1. The molecule has 1 rings (SSSR count). The number of unbranched alkanes of at least 4 members (excludes halogenated alkanes) is 2. The van der Waals surface area contributed by atoms with Gasteiger partial charge in [-0.25, -0.2) is 0 Å². The average Bonchev–Trinajstić information content (AvgIpc) is 2.50. The van der Waals surface area contributed by atoms with Crippen LogP contribution in [0.3, 0.4) is 0 Å². The lowest BCUT2D eigenvalue weighted by molar-refractivity contribution is -0.137. The number of aliphatic carboxylic acids is 1. The zero-order valence-electron chi connectivity index (χ0n) is 13.8. The molecular weight excluding hydrogens is 278 g/mol. The molecule has 0 saturated heterocycles. The van der Waals surface area contributed by atoms with Gasteiger partial charge in [-0.3, -0.25) is 9.59 Å². The van der Waals surface area contributed by atoms with Crippen LogP contribution in [0.5, 0.6) is 0 Å². The maximum Gasteiger partial charge on any atom is 0.303 e. The van der Waals surface area contributed by atoms with Crippen LogP contribution in [-0.2, 0) is 21.4 Å². The number of benzene rings is 1. The van der Waals surface area contributed by atoms with Crippen LogP contribution in [-0.4, -0.2) is 23.5 Å². The Bertz CT molecular complexity index is 492. The second-order valence-corrected chi connectivity index (χ2v) is 6.14. The molecule has 4 heteroatoms. The van der Waals surface area contributed by atoms with Gasteiger partial charge in [0.2, 0.25) is 5.91 Å². The number of carboxylic acid groups (broad SMARTS) is 1. The predicted octanol–water partition coefficient (Wildman–Crippen LogP) is 3.29. The molecule has 4 nitrogen and oxygen atoms in total. The maximum atomic E-state index is 12.4. The Labute approximate surface area is 132 Å². The van der Waals surface area contributed by atoms with Crippen LogP contribution in [0.2, 0.25) is 0 Å². The smallest absolute Gasteiger partial charge is 0.303 e. The van der Waals surface area contributed by atoms with Crippen LogP contribution < -0.4 is 5.32 Å². The number of hydrogen-bond donors (Lipinski definition) is 2. The van der Waals surface area contributed by atoms with E-state index in [4.69, 9.17) is 5.11 Å². The minimum atomic E-state index is -0.763. The molecule has 0 aromatic heterocycles. The lowest BCUT2D eigenvalue weighted by atomic mass is 9.83. The SMILES string of the molecule is CCc1ccc(C(C)(C)C(=O)NCCCCCC(=O)O)cc1. The summed E-state index contributed by atoms with van der Waals surface area (Å²) in [6.45, 7) is 6.55. The third-order valence-corrected chi connectivity index (χ3v) is 4.00. The van der Waals surface area contributed by atoms with E-state index in [1.807, 2.05) is 26.0 Å². The summed E-state index contributed by atoms with van der Waals surface area (Å²) in [5, 5.41) is 11.5. The van der Waals surface area contributed by atoms with Crippen molar-refractivity contribution < 1.29 is 14.7 Å². The van der Waals surface area contributed by atoms with E-state index in [9.17, 15) is 9.59 Å². The molecule has 0 unspecified atom stereocenters. The Balaban J connectivity index is 2.43. The third kappa shape index (κ3) is 5.51. The van der Waals surface area contributed by atoms with E-state index in [1.54, 1.807) is 0 Å². The fraction of sp³-hybridized carbons (Fsp3) is 0.556. The van der Waals surface area contributed by atoms with Crippen molar-refractivity contribution in [3.63, 3.8) is 0 Å². The molecule has 0 bridgehead atoms. The van der Waals surface area contributed by atoms with Crippen LogP contribution >= 0.6 is 0 Å². The molecule has 1 aromatic rings.